The summed E-state index contributed by atoms with van der Waals surface area (Å²) < 4.78 is 40.6. The Hall–Kier alpha value is -2.84. The highest BCUT2D eigenvalue weighted by Gasteiger charge is 2.31. The number of halogens is 3. The molecule has 0 atom stereocenters. The molecule has 0 amide bonds. The second-order valence-electron chi connectivity index (χ2n) is 5.14. The molecule has 1 heterocycles. The van der Waals surface area contributed by atoms with Gasteiger partial charge in [-0.3, -0.25) is 10.1 Å². The van der Waals surface area contributed by atoms with Crippen LogP contribution in [-0.2, 0) is 6.54 Å². The highest BCUT2D eigenvalue weighted by Crippen LogP contribution is 2.25. The summed E-state index contributed by atoms with van der Waals surface area (Å²) in [6.45, 7) is 1.86. The molecule has 0 saturated heterocycles. The van der Waals surface area contributed by atoms with Gasteiger partial charge in [-0.2, -0.15) is 0 Å². The van der Waals surface area contributed by atoms with Crippen LogP contribution in [0.2, 0.25) is 0 Å². The van der Waals surface area contributed by atoms with Crippen LogP contribution in [0.3, 0.4) is 0 Å². The van der Waals surface area contributed by atoms with Crippen LogP contribution in [0.25, 0.3) is 0 Å². The molecule has 0 unspecified atom stereocenters. The molecule has 128 valence electrons. The van der Waals surface area contributed by atoms with E-state index in [-0.39, 0.29) is 18.0 Å². The molecule has 0 aliphatic heterocycles. The molecule has 2 rings (SSSR count). The molecule has 0 saturated carbocycles. The fourth-order valence-electron chi connectivity index (χ4n) is 2.13. The third-order valence-electron chi connectivity index (χ3n) is 3.21. The van der Waals surface area contributed by atoms with E-state index in [0.29, 0.717) is 16.9 Å². The summed E-state index contributed by atoms with van der Waals surface area (Å²) in [6.07, 6.45) is -3.59. The lowest BCUT2D eigenvalue weighted by Gasteiger charge is -2.19. The summed E-state index contributed by atoms with van der Waals surface area (Å²) in [7, 11) is 1.69. The van der Waals surface area contributed by atoms with Crippen molar-refractivity contribution in [2.45, 2.75) is 19.8 Å². The standard InChI is InChI=1S/C15H14F3N3O3/c1-10-6-14(19-8-13(10)21(22)23)20(2)9-11-4-3-5-12(7-11)24-15(16,17)18/h3-8H,9H2,1-2H3. The maximum atomic E-state index is 12.3. The van der Waals surface area contributed by atoms with Gasteiger partial charge >= 0.3 is 6.36 Å². The number of hydrogen-bond donors (Lipinski definition) is 0. The van der Waals surface area contributed by atoms with Gasteiger partial charge in [0.1, 0.15) is 17.8 Å². The smallest absolute Gasteiger partial charge is 0.406 e. The molecule has 24 heavy (non-hydrogen) atoms. The van der Waals surface area contributed by atoms with E-state index in [0.717, 1.165) is 6.20 Å². The van der Waals surface area contributed by atoms with E-state index in [9.17, 15) is 23.3 Å². The Morgan fingerprint density at radius 1 is 1.33 bits per heavy atom. The van der Waals surface area contributed by atoms with Gasteiger partial charge in [-0.05, 0) is 30.7 Å². The minimum Gasteiger partial charge on any atom is -0.406 e. The summed E-state index contributed by atoms with van der Waals surface area (Å²) in [4.78, 5) is 15.9. The van der Waals surface area contributed by atoms with Gasteiger partial charge in [0.15, 0.2) is 0 Å². The monoisotopic (exact) mass is 341 g/mol. The van der Waals surface area contributed by atoms with Gasteiger partial charge in [-0.25, -0.2) is 4.98 Å². The van der Waals surface area contributed by atoms with Gasteiger partial charge < -0.3 is 9.64 Å². The first kappa shape index (κ1) is 17.5. The molecular weight excluding hydrogens is 327 g/mol. The molecule has 0 radical (unpaired) electrons. The van der Waals surface area contributed by atoms with Crippen LogP contribution in [-0.4, -0.2) is 23.3 Å². The SMILES string of the molecule is Cc1cc(N(C)Cc2cccc(OC(F)(F)F)c2)ncc1[N+](=O)[O-]. The van der Waals surface area contributed by atoms with Crippen LogP contribution in [0.4, 0.5) is 24.7 Å². The molecule has 0 fully saturated rings. The van der Waals surface area contributed by atoms with Gasteiger partial charge in [0.05, 0.1) is 4.92 Å². The number of anilines is 1. The van der Waals surface area contributed by atoms with Crippen LogP contribution in [0.1, 0.15) is 11.1 Å². The van der Waals surface area contributed by atoms with Crippen LogP contribution in [0.15, 0.2) is 36.5 Å². The molecule has 6 nitrogen and oxygen atoms in total. The predicted molar refractivity (Wildman–Crippen MR) is 80.9 cm³/mol. The number of ether oxygens (including phenoxy) is 1. The van der Waals surface area contributed by atoms with Crippen molar-refractivity contribution < 1.29 is 22.8 Å². The summed E-state index contributed by atoms with van der Waals surface area (Å²) in [5.41, 5.74) is 0.941. The van der Waals surface area contributed by atoms with Gasteiger partial charge in [0.2, 0.25) is 0 Å². The van der Waals surface area contributed by atoms with Crippen LogP contribution < -0.4 is 9.64 Å². The molecule has 0 spiro atoms. The summed E-state index contributed by atoms with van der Waals surface area (Å²) in [6, 6.07) is 7.15. The average molecular weight is 341 g/mol. The van der Waals surface area contributed by atoms with Crippen LogP contribution in [0.5, 0.6) is 5.75 Å². The van der Waals surface area contributed by atoms with E-state index in [1.807, 2.05) is 0 Å². The minimum absolute atomic E-state index is 0.0901. The Balaban J connectivity index is 2.15. The maximum Gasteiger partial charge on any atom is 0.573 e. The Bertz CT molecular complexity index is 750. The van der Waals surface area contributed by atoms with Crippen LogP contribution >= 0.6 is 0 Å². The zero-order chi connectivity index (χ0) is 17.9. The van der Waals surface area contributed by atoms with E-state index in [2.05, 4.69) is 9.72 Å². The van der Waals surface area contributed by atoms with Crippen molar-refractivity contribution in [2.75, 3.05) is 11.9 Å². The number of nitro groups is 1. The fraction of sp³-hybridized carbons (Fsp3) is 0.267. The Kier molecular flexibility index (Phi) is 4.91. The number of rotatable bonds is 5. The molecule has 0 bridgehead atoms. The lowest BCUT2D eigenvalue weighted by molar-refractivity contribution is -0.385. The number of hydrogen-bond acceptors (Lipinski definition) is 5. The minimum atomic E-state index is -4.75. The number of pyridine rings is 1. The first-order chi connectivity index (χ1) is 11.2. The normalized spacial score (nSPS) is 11.2. The number of aromatic nitrogens is 1. The largest absolute Gasteiger partial charge is 0.573 e. The Labute approximate surface area is 135 Å². The van der Waals surface area contributed by atoms with E-state index in [1.54, 1.807) is 31.0 Å². The number of alkyl halides is 3. The molecule has 0 aliphatic carbocycles. The summed E-state index contributed by atoms with van der Waals surface area (Å²) in [5, 5.41) is 10.8. The summed E-state index contributed by atoms with van der Waals surface area (Å²) in [5.74, 6) is 0.168. The maximum absolute atomic E-state index is 12.3. The van der Waals surface area contributed by atoms with Gasteiger partial charge in [0, 0.05) is 19.2 Å². The highest BCUT2D eigenvalue weighted by molar-refractivity contribution is 5.48. The molecular formula is C15H14F3N3O3. The number of benzene rings is 1. The fourth-order valence-corrected chi connectivity index (χ4v) is 2.13. The second-order valence-corrected chi connectivity index (χ2v) is 5.14. The molecule has 9 heteroatoms. The van der Waals surface area contributed by atoms with Crippen molar-refractivity contribution in [1.82, 2.24) is 4.98 Å². The molecule has 0 aliphatic rings. The highest BCUT2D eigenvalue weighted by atomic mass is 19.4. The van der Waals surface area contributed by atoms with Crippen molar-refractivity contribution in [3.8, 4) is 5.75 Å². The van der Waals surface area contributed by atoms with Gasteiger partial charge in [0.25, 0.3) is 5.69 Å². The van der Waals surface area contributed by atoms with Crippen molar-refractivity contribution in [3.05, 3.63) is 57.8 Å². The van der Waals surface area contributed by atoms with E-state index in [4.69, 9.17) is 0 Å². The van der Waals surface area contributed by atoms with E-state index in [1.165, 1.54) is 18.2 Å². The number of aryl methyl sites for hydroxylation is 1. The third-order valence-corrected chi connectivity index (χ3v) is 3.21. The lowest BCUT2D eigenvalue weighted by atomic mass is 10.2. The Morgan fingerprint density at radius 2 is 2.04 bits per heavy atom. The summed E-state index contributed by atoms with van der Waals surface area (Å²) >= 11 is 0. The molecule has 2 aromatic rings. The Morgan fingerprint density at radius 3 is 2.62 bits per heavy atom. The van der Waals surface area contributed by atoms with E-state index < -0.39 is 11.3 Å². The van der Waals surface area contributed by atoms with Crippen molar-refractivity contribution in [2.24, 2.45) is 0 Å². The quantitative estimate of drug-likeness (QED) is 0.611. The van der Waals surface area contributed by atoms with Crippen molar-refractivity contribution in [3.63, 3.8) is 0 Å². The second kappa shape index (κ2) is 6.73. The topological polar surface area (TPSA) is 68.5 Å². The first-order valence-electron chi connectivity index (χ1n) is 6.82. The first-order valence-corrected chi connectivity index (χ1v) is 6.82. The predicted octanol–water partition coefficient (Wildman–Crippen LogP) is 3.83. The average Bonchev–Trinajstić information content (AvgIpc) is 2.45. The zero-order valence-corrected chi connectivity index (χ0v) is 12.9. The van der Waals surface area contributed by atoms with Crippen LogP contribution in [0, 0.1) is 17.0 Å². The molecule has 1 aromatic carbocycles. The lowest BCUT2D eigenvalue weighted by Crippen LogP contribution is -2.19. The number of nitrogens with zero attached hydrogens (tertiary/aromatic N) is 3. The van der Waals surface area contributed by atoms with E-state index >= 15 is 0 Å². The van der Waals surface area contributed by atoms with Crippen molar-refractivity contribution in [1.29, 1.82) is 0 Å². The molecule has 0 N–H and O–H groups in total. The third kappa shape index (κ3) is 4.58. The molecule has 1 aromatic heterocycles. The van der Waals surface area contributed by atoms with Crippen molar-refractivity contribution >= 4 is 11.5 Å². The van der Waals surface area contributed by atoms with Gasteiger partial charge in [-0.1, -0.05) is 12.1 Å². The zero-order valence-electron chi connectivity index (χ0n) is 12.9. The van der Waals surface area contributed by atoms with Gasteiger partial charge in [-0.15, -0.1) is 13.2 Å².